The van der Waals surface area contributed by atoms with E-state index < -0.39 is 42.6 Å². The van der Waals surface area contributed by atoms with Crippen LogP contribution in [-0.4, -0.2) is 66.6 Å². The minimum atomic E-state index is -1.50. The second-order valence-electron chi connectivity index (χ2n) is 6.46. The minimum absolute atomic E-state index is 0.267. The first-order chi connectivity index (χ1) is 14.0. The van der Waals surface area contributed by atoms with E-state index in [0.717, 1.165) is 0 Å². The van der Waals surface area contributed by atoms with Gasteiger partial charge in [0.25, 0.3) is 0 Å². The SMILES string of the molecule is CO[C@@H]1O[C@H](COC(=O)c2ccccc2)[C@@H](OC(=O)c2ccccc2)[C@H](O)[C@H]1O. The van der Waals surface area contributed by atoms with Gasteiger partial charge in [0.15, 0.2) is 12.4 Å². The van der Waals surface area contributed by atoms with Crippen LogP contribution in [0.3, 0.4) is 0 Å². The van der Waals surface area contributed by atoms with Crippen LogP contribution in [0.25, 0.3) is 0 Å². The Balaban J connectivity index is 1.73. The lowest BCUT2D eigenvalue weighted by atomic mass is 9.99. The van der Waals surface area contributed by atoms with Crippen molar-refractivity contribution in [3.8, 4) is 0 Å². The number of benzene rings is 2. The number of hydrogen-bond acceptors (Lipinski definition) is 8. The summed E-state index contributed by atoms with van der Waals surface area (Å²) in [7, 11) is 1.30. The molecule has 0 unspecified atom stereocenters. The van der Waals surface area contributed by atoms with Gasteiger partial charge in [-0.2, -0.15) is 0 Å². The van der Waals surface area contributed by atoms with Gasteiger partial charge in [-0.25, -0.2) is 9.59 Å². The predicted molar refractivity (Wildman–Crippen MR) is 100 cm³/mol. The number of carbonyl (C=O) groups is 2. The van der Waals surface area contributed by atoms with E-state index in [2.05, 4.69) is 0 Å². The van der Waals surface area contributed by atoms with Gasteiger partial charge >= 0.3 is 11.9 Å². The number of ether oxygens (including phenoxy) is 4. The van der Waals surface area contributed by atoms with Gasteiger partial charge in [0.1, 0.15) is 24.9 Å². The Morgan fingerprint density at radius 2 is 1.45 bits per heavy atom. The molecule has 3 rings (SSSR count). The fourth-order valence-electron chi connectivity index (χ4n) is 2.96. The van der Waals surface area contributed by atoms with E-state index in [0.29, 0.717) is 5.56 Å². The molecule has 1 fully saturated rings. The van der Waals surface area contributed by atoms with Crippen LogP contribution in [-0.2, 0) is 18.9 Å². The van der Waals surface area contributed by atoms with Crippen molar-refractivity contribution in [2.45, 2.75) is 30.7 Å². The van der Waals surface area contributed by atoms with Gasteiger partial charge in [-0.15, -0.1) is 0 Å². The molecule has 8 nitrogen and oxygen atoms in total. The summed E-state index contributed by atoms with van der Waals surface area (Å²) in [6.45, 7) is -0.315. The molecule has 5 atom stereocenters. The molecule has 1 heterocycles. The average molecular weight is 402 g/mol. The first-order valence-corrected chi connectivity index (χ1v) is 9.04. The van der Waals surface area contributed by atoms with E-state index in [1.54, 1.807) is 60.7 Å². The molecule has 0 radical (unpaired) electrons. The van der Waals surface area contributed by atoms with E-state index in [4.69, 9.17) is 18.9 Å². The van der Waals surface area contributed by atoms with Crippen LogP contribution in [0, 0.1) is 0 Å². The molecule has 0 saturated carbocycles. The Morgan fingerprint density at radius 3 is 2.00 bits per heavy atom. The largest absolute Gasteiger partial charge is 0.459 e. The Labute approximate surface area is 167 Å². The number of aliphatic hydroxyl groups excluding tert-OH is 2. The lowest BCUT2D eigenvalue weighted by Crippen LogP contribution is -2.60. The lowest BCUT2D eigenvalue weighted by molar-refractivity contribution is -0.293. The molecule has 2 aromatic rings. The molecule has 2 N–H and O–H groups in total. The van der Waals surface area contributed by atoms with Gasteiger partial charge in [0, 0.05) is 7.11 Å². The highest BCUT2D eigenvalue weighted by atomic mass is 16.7. The summed E-state index contributed by atoms with van der Waals surface area (Å²) in [5.74, 6) is -1.31. The number of rotatable bonds is 6. The summed E-state index contributed by atoms with van der Waals surface area (Å²) >= 11 is 0. The summed E-state index contributed by atoms with van der Waals surface area (Å²) in [5, 5.41) is 20.6. The fraction of sp³-hybridized carbons (Fsp3) is 0.333. The standard InChI is InChI=1S/C21H22O8/c1-26-21-17(23)16(22)18(29-20(25)14-10-6-3-7-11-14)15(28-21)12-27-19(24)13-8-4-2-5-9-13/h2-11,15-18,21-23H,12H2,1H3/t15-,16-,17-,18-,21-/m1/s1. The van der Waals surface area contributed by atoms with Gasteiger partial charge in [0.05, 0.1) is 11.1 Å². The molecule has 1 saturated heterocycles. The van der Waals surface area contributed by atoms with Crippen molar-refractivity contribution >= 4 is 11.9 Å². The van der Waals surface area contributed by atoms with Crippen LogP contribution in [0.2, 0.25) is 0 Å². The first kappa shape index (κ1) is 20.9. The summed E-state index contributed by atoms with van der Waals surface area (Å²) in [4.78, 5) is 24.6. The molecule has 0 amide bonds. The Hall–Kier alpha value is -2.78. The minimum Gasteiger partial charge on any atom is -0.459 e. The molecule has 0 aromatic heterocycles. The molecule has 8 heteroatoms. The van der Waals surface area contributed by atoms with Crippen LogP contribution in [0.15, 0.2) is 60.7 Å². The highest BCUT2D eigenvalue weighted by Crippen LogP contribution is 2.25. The number of hydrogen-bond donors (Lipinski definition) is 2. The molecule has 29 heavy (non-hydrogen) atoms. The maximum atomic E-state index is 12.4. The third-order valence-corrected chi connectivity index (χ3v) is 4.51. The maximum absolute atomic E-state index is 12.4. The number of aliphatic hydroxyl groups is 2. The second kappa shape index (κ2) is 9.62. The van der Waals surface area contributed by atoms with Gasteiger partial charge in [-0.05, 0) is 24.3 Å². The molecule has 0 aliphatic carbocycles. The van der Waals surface area contributed by atoms with Crippen LogP contribution >= 0.6 is 0 Å². The lowest BCUT2D eigenvalue weighted by Gasteiger charge is -2.41. The third kappa shape index (κ3) is 4.99. The zero-order valence-electron chi connectivity index (χ0n) is 15.7. The van der Waals surface area contributed by atoms with Crippen LogP contribution in [0.1, 0.15) is 20.7 Å². The highest BCUT2D eigenvalue weighted by Gasteiger charge is 2.47. The molecule has 1 aliphatic heterocycles. The first-order valence-electron chi connectivity index (χ1n) is 9.04. The van der Waals surface area contributed by atoms with Crippen molar-refractivity contribution in [2.24, 2.45) is 0 Å². The molecular formula is C21H22O8. The van der Waals surface area contributed by atoms with Gasteiger partial charge in [0.2, 0.25) is 0 Å². The van der Waals surface area contributed by atoms with Crippen molar-refractivity contribution in [3.05, 3.63) is 71.8 Å². The molecule has 154 valence electrons. The Morgan fingerprint density at radius 1 is 0.897 bits per heavy atom. The smallest absolute Gasteiger partial charge is 0.338 e. The van der Waals surface area contributed by atoms with Crippen molar-refractivity contribution < 1.29 is 38.7 Å². The van der Waals surface area contributed by atoms with Crippen LogP contribution in [0.4, 0.5) is 0 Å². The number of carbonyl (C=O) groups excluding carboxylic acids is 2. The van der Waals surface area contributed by atoms with E-state index in [9.17, 15) is 19.8 Å². The average Bonchev–Trinajstić information content (AvgIpc) is 2.77. The summed E-state index contributed by atoms with van der Waals surface area (Å²) in [5.41, 5.74) is 0.605. The summed E-state index contributed by atoms with van der Waals surface area (Å²) < 4.78 is 21.2. The second-order valence-corrected chi connectivity index (χ2v) is 6.46. The predicted octanol–water partition coefficient (Wildman–Crippen LogP) is 1.16. The zero-order chi connectivity index (χ0) is 20.8. The van der Waals surface area contributed by atoms with E-state index >= 15 is 0 Å². The number of esters is 2. The van der Waals surface area contributed by atoms with Crippen LogP contribution in [0.5, 0.6) is 0 Å². The Kier molecular flexibility index (Phi) is 6.95. The van der Waals surface area contributed by atoms with E-state index in [1.165, 1.54) is 7.11 Å². The van der Waals surface area contributed by atoms with Crippen molar-refractivity contribution in [3.63, 3.8) is 0 Å². The third-order valence-electron chi connectivity index (χ3n) is 4.51. The Bertz CT molecular complexity index is 810. The molecule has 0 spiro atoms. The monoisotopic (exact) mass is 402 g/mol. The van der Waals surface area contributed by atoms with Crippen molar-refractivity contribution in [1.29, 1.82) is 0 Å². The summed E-state index contributed by atoms with van der Waals surface area (Å²) in [6, 6.07) is 16.5. The summed E-state index contributed by atoms with van der Waals surface area (Å²) in [6.07, 6.45) is -6.43. The topological polar surface area (TPSA) is 112 Å². The molecule has 2 aromatic carbocycles. The van der Waals surface area contributed by atoms with Crippen LogP contribution < -0.4 is 0 Å². The fourth-order valence-corrected chi connectivity index (χ4v) is 2.96. The van der Waals surface area contributed by atoms with Crippen molar-refractivity contribution in [2.75, 3.05) is 13.7 Å². The zero-order valence-corrected chi connectivity index (χ0v) is 15.7. The molecular weight excluding hydrogens is 380 g/mol. The quantitative estimate of drug-likeness (QED) is 0.693. The molecule has 1 aliphatic rings. The van der Waals surface area contributed by atoms with E-state index in [1.807, 2.05) is 0 Å². The van der Waals surface area contributed by atoms with E-state index in [-0.39, 0.29) is 12.2 Å². The maximum Gasteiger partial charge on any atom is 0.338 e. The molecule has 0 bridgehead atoms. The number of methoxy groups -OCH3 is 1. The van der Waals surface area contributed by atoms with Gasteiger partial charge < -0.3 is 29.2 Å². The van der Waals surface area contributed by atoms with Crippen molar-refractivity contribution in [1.82, 2.24) is 0 Å². The van der Waals surface area contributed by atoms with Gasteiger partial charge in [-0.3, -0.25) is 0 Å². The van der Waals surface area contributed by atoms with Gasteiger partial charge in [-0.1, -0.05) is 36.4 Å². The highest BCUT2D eigenvalue weighted by molar-refractivity contribution is 5.90. The normalized spacial score (nSPS) is 26.5.